The van der Waals surface area contributed by atoms with Gasteiger partial charge in [-0.3, -0.25) is 0 Å². The Bertz CT molecular complexity index is 932. The van der Waals surface area contributed by atoms with E-state index in [0.29, 0.717) is 12.8 Å². The summed E-state index contributed by atoms with van der Waals surface area (Å²) in [5.74, 6) is 0.885. The second-order valence-electron chi connectivity index (χ2n) is 8.29. The lowest BCUT2D eigenvalue weighted by Gasteiger charge is -2.33. The first-order chi connectivity index (χ1) is 13.4. The number of fused-ring (bicyclic) bond motifs is 1. The van der Waals surface area contributed by atoms with Gasteiger partial charge >= 0.3 is 0 Å². The van der Waals surface area contributed by atoms with Crippen LogP contribution in [0.5, 0.6) is 5.75 Å². The van der Waals surface area contributed by atoms with Gasteiger partial charge in [0.2, 0.25) is 0 Å². The lowest BCUT2D eigenvalue weighted by Crippen LogP contribution is -2.29. The van der Waals surface area contributed by atoms with Crippen molar-refractivity contribution >= 4 is 21.4 Å². The molecule has 148 valence electrons. The highest BCUT2D eigenvalue weighted by Crippen LogP contribution is 2.44. The van der Waals surface area contributed by atoms with Gasteiger partial charge in [-0.25, -0.2) is 0 Å². The number of hydrogen-bond acceptors (Lipinski definition) is 4. The first kappa shape index (κ1) is 19.4. The van der Waals surface area contributed by atoms with E-state index in [-0.39, 0.29) is 23.7 Å². The number of ether oxygens (including phenoxy) is 2. The Hall–Kier alpha value is -1.88. The molecule has 28 heavy (non-hydrogen) atoms. The van der Waals surface area contributed by atoms with Crippen LogP contribution in [0.2, 0.25) is 0 Å². The number of aliphatic hydroxyl groups is 1. The smallest absolute Gasteiger partial charge is 0.122 e. The Morgan fingerprint density at radius 3 is 2.61 bits per heavy atom. The van der Waals surface area contributed by atoms with Gasteiger partial charge in [-0.15, -0.1) is 11.3 Å². The Kier molecular flexibility index (Phi) is 5.21. The molecule has 1 N–H and O–H groups in total. The van der Waals surface area contributed by atoms with Gasteiger partial charge in [0.15, 0.2) is 0 Å². The summed E-state index contributed by atoms with van der Waals surface area (Å²) in [5, 5.41) is 11.5. The van der Waals surface area contributed by atoms with Crippen LogP contribution in [0.25, 0.3) is 10.1 Å². The van der Waals surface area contributed by atoms with Crippen molar-refractivity contribution in [2.45, 2.75) is 57.3 Å². The molecule has 0 bridgehead atoms. The molecule has 4 rings (SSSR count). The topological polar surface area (TPSA) is 38.7 Å². The summed E-state index contributed by atoms with van der Waals surface area (Å²) < 4.78 is 13.2. The van der Waals surface area contributed by atoms with Crippen LogP contribution in [-0.4, -0.2) is 24.4 Å². The summed E-state index contributed by atoms with van der Waals surface area (Å²) in [6, 6.07) is 17.1. The van der Waals surface area contributed by atoms with Gasteiger partial charge in [-0.05, 0) is 48.6 Å². The first-order valence-electron chi connectivity index (χ1n) is 9.89. The summed E-state index contributed by atoms with van der Waals surface area (Å²) in [6.07, 6.45) is 1.01. The molecule has 2 heterocycles. The molecule has 0 amide bonds. The van der Waals surface area contributed by atoms with Gasteiger partial charge in [0.25, 0.3) is 0 Å². The maximum absolute atomic E-state index is 10.2. The van der Waals surface area contributed by atoms with Gasteiger partial charge in [0.05, 0.1) is 25.4 Å². The fraction of sp³-hybridized carbons (Fsp3) is 0.417. The van der Waals surface area contributed by atoms with E-state index < -0.39 is 0 Å². The van der Waals surface area contributed by atoms with E-state index in [2.05, 4.69) is 56.3 Å². The number of thiophene rings is 1. The van der Waals surface area contributed by atoms with Crippen molar-refractivity contribution in [1.82, 2.24) is 0 Å². The Morgan fingerprint density at radius 2 is 1.89 bits per heavy atom. The van der Waals surface area contributed by atoms with E-state index in [0.717, 1.165) is 16.9 Å². The molecule has 3 aromatic rings. The standard InChI is InChI=1S/C24H28O3S/c1-15-11-18(25)14-21(27-15)16-9-10-20(26-4)19(12-16)24(2,3)23-13-17-7-5-6-8-22(17)28-23/h5-10,12-13,15,18,21,25H,11,14H2,1-4H3/t15?,18?,21-/m1/s1. The van der Waals surface area contributed by atoms with Gasteiger partial charge in [0, 0.05) is 27.0 Å². The van der Waals surface area contributed by atoms with Crippen molar-refractivity contribution < 1.29 is 14.6 Å². The van der Waals surface area contributed by atoms with Crippen molar-refractivity contribution in [1.29, 1.82) is 0 Å². The number of benzene rings is 2. The molecular weight excluding hydrogens is 368 g/mol. The number of methoxy groups -OCH3 is 1. The largest absolute Gasteiger partial charge is 0.496 e. The average Bonchev–Trinajstić information content (AvgIpc) is 3.12. The van der Waals surface area contributed by atoms with E-state index >= 15 is 0 Å². The summed E-state index contributed by atoms with van der Waals surface area (Å²) >= 11 is 1.83. The van der Waals surface area contributed by atoms with Crippen LogP contribution >= 0.6 is 11.3 Å². The molecule has 0 spiro atoms. The van der Waals surface area contributed by atoms with Crippen LogP contribution in [0.15, 0.2) is 48.5 Å². The van der Waals surface area contributed by atoms with Crippen LogP contribution in [0.1, 0.15) is 55.7 Å². The zero-order valence-electron chi connectivity index (χ0n) is 16.9. The van der Waals surface area contributed by atoms with Crippen molar-refractivity contribution in [3.05, 3.63) is 64.5 Å². The maximum atomic E-state index is 10.2. The minimum Gasteiger partial charge on any atom is -0.496 e. The number of aliphatic hydroxyl groups excluding tert-OH is 1. The zero-order valence-corrected chi connectivity index (χ0v) is 17.8. The van der Waals surface area contributed by atoms with Gasteiger partial charge in [0.1, 0.15) is 5.75 Å². The second kappa shape index (κ2) is 7.51. The third-order valence-corrected chi connectivity index (χ3v) is 7.24. The molecule has 2 unspecified atom stereocenters. The highest BCUT2D eigenvalue weighted by atomic mass is 32.1. The van der Waals surface area contributed by atoms with Crippen molar-refractivity contribution in [2.24, 2.45) is 0 Å². The molecule has 0 radical (unpaired) electrons. The molecule has 4 heteroatoms. The van der Waals surface area contributed by atoms with Crippen LogP contribution in [0.3, 0.4) is 0 Å². The highest BCUT2D eigenvalue weighted by Gasteiger charge is 2.32. The minimum atomic E-state index is -0.310. The highest BCUT2D eigenvalue weighted by molar-refractivity contribution is 7.19. The predicted octanol–water partition coefficient (Wildman–Crippen LogP) is 5.84. The molecule has 0 aliphatic carbocycles. The van der Waals surface area contributed by atoms with Crippen LogP contribution in [0, 0.1) is 0 Å². The minimum absolute atomic E-state index is 0.0647. The molecule has 3 atom stereocenters. The van der Waals surface area contributed by atoms with Crippen LogP contribution < -0.4 is 4.74 Å². The lowest BCUT2D eigenvalue weighted by atomic mass is 9.80. The van der Waals surface area contributed by atoms with E-state index in [1.54, 1.807) is 7.11 Å². The molecule has 2 aromatic carbocycles. The predicted molar refractivity (Wildman–Crippen MR) is 115 cm³/mol. The molecular formula is C24H28O3S. The number of rotatable bonds is 4. The zero-order chi connectivity index (χ0) is 19.9. The fourth-order valence-corrected chi connectivity index (χ4v) is 5.35. The first-order valence-corrected chi connectivity index (χ1v) is 10.7. The Balaban J connectivity index is 1.76. The van der Waals surface area contributed by atoms with Crippen LogP contribution in [0.4, 0.5) is 0 Å². The molecule has 0 saturated carbocycles. The van der Waals surface area contributed by atoms with Gasteiger partial charge in [-0.1, -0.05) is 38.1 Å². The maximum Gasteiger partial charge on any atom is 0.122 e. The third kappa shape index (κ3) is 3.57. The normalized spacial score (nSPS) is 23.1. The molecule has 1 aliphatic heterocycles. The lowest BCUT2D eigenvalue weighted by molar-refractivity contribution is -0.0895. The van der Waals surface area contributed by atoms with E-state index in [1.807, 2.05) is 24.3 Å². The van der Waals surface area contributed by atoms with Crippen LogP contribution in [-0.2, 0) is 10.2 Å². The molecule has 1 saturated heterocycles. The molecule has 1 aromatic heterocycles. The van der Waals surface area contributed by atoms with Crippen molar-refractivity contribution in [2.75, 3.05) is 7.11 Å². The average molecular weight is 397 g/mol. The van der Waals surface area contributed by atoms with Crippen molar-refractivity contribution in [3.63, 3.8) is 0 Å². The quantitative estimate of drug-likeness (QED) is 0.602. The van der Waals surface area contributed by atoms with Gasteiger partial charge in [-0.2, -0.15) is 0 Å². The van der Waals surface area contributed by atoms with Crippen molar-refractivity contribution in [3.8, 4) is 5.75 Å². The molecule has 1 fully saturated rings. The molecule has 3 nitrogen and oxygen atoms in total. The van der Waals surface area contributed by atoms with E-state index in [4.69, 9.17) is 9.47 Å². The monoisotopic (exact) mass is 396 g/mol. The van der Waals surface area contributed by atoms with Gasteiger partial charge < -0.3 is 14.6 Å². The number of hydrogen-bond donors (Lipinski definition) is 1. The third-order valence-electron chi connectivity index (χ3n) is 5.80. The van der Waals surface area contributed by atoms with E-state index in [9.17, 15) is 5.11 Å². The fourth-order valence-electron chi connectivity index (χ4n) is 4.17. The molecule has 1 aliphatic rings. The SMILES string of the molecule is COc1ccc([C@H]2CC(O)CC(C)O2)cc1C(C)(C)c1cc2ccccc2s1. The van der Waals surface area contributed by atoms with E-state index in [1.165, 1.54) is 15.0 Å². The summed E-state index contributed by atoms with van der Waals surface area (Å²) in [7, 11) is 1.72. The summed E-state index contributed by atoms with van der Waals surface area (Å²) in [5.41, 5.74) is 2.05. The Morgan fingerprint density at radius 1 is 1.11 bits per heavy atom. The summed E-state index contributed by atoms with van der Waals surface area (Å²) in [4.78, 5) is 1.31. The summed E-state index contributed by atoms with van der Waals surface area (Å²) in [6.45, 7) is 6.53. The Labute approximate surface area is 170 Å². The second-order valence-corrected chi connectivity index (χ2v) is 9.38.